The maximum Gasteiger partial charge on any atom is 0.188 e. The number of nitrogens with two attached hydrogens (primary N) is 1. The largest absolute Gasteiger partial charge is 0.370 e. The van der Waals surface area contributed by atoms with Gasteiger partial charge in [0.05, 0.1) is 6.04 Å². The molecule has 0 aliphatic heterocycles. The molecule has 0 spiro atoms. The Hall–Kier alpha value is -1.10. The zero-order valence-electron chi connectivity index (χ0n) is 8.03. The van der Waals surface area contributed by atoms with E-state index in [1.54, 1.807) is 18.4 Å². The van der Waals surface area contributed by atoms with Gasteiger partial charge in [-0.1, -0.05) is 0 Å². The van der Waals surface area contributed by atoms with Crippen LogP contribution in [0.5, 0.6) is 0 Å². The van der Waals surface area contributed by atoms with E-state index >= 15 is 0 Å². The maximum absolute atomic E-state index is 5.53. The highest BCUT2D eigenvalue weighted by molar-refractivity contribution is 7.09. The van der Waals surface area contributed by atoms with Crippen LogP contribution in [0.15, 0.2) is 10.4 Å². The van der Waals surface area contributed by atoms with Crippen LogP contribution in [-0.4, -0.2) is 18.0 Å². The van der Waals surface area contributed by atoms with E-state index in [9.17, 15) is 0 Å². The van der Waals surface area contributed by atoms with Crippen LogP contribution in [0.3, 0.4) is 0 Å². The Bertz CT molecular complexity index is 305. The number of hydrogen-bond acceptors (Lipinski definition) is 3. The summed E-state index contributed by atoms with van der Waals surface area (Å²) < 4.78 is 0. The number of thiazole rings is 1. The molecule has 0 aliphatic carbocycles. The van der Waals surface area contributed by atoms with E-state index in [0.717, 1.165) is 10.7 Å². The van der Waals surface area contributed by atoms with Gasteiger partial charge in [-0.25, -0.2) is 4.98 Å². The first-order valence-electron chi connectivity index (χ1n) is 4.04. The maximum atomic E-state index is 5.53. The minimum atomic E-state index is 0.127. The summed E-state index contributed by atoms with van der Waals surface area (Å²) in [4.78, 5) is 8.16. The van der Waals surface area contributed by atoms with Crippen LogP contribution < -0.4 is 11.1 Å². The van der Waals surface area contributed by atoms with E-state index in [-0.39, 0.29) is 6.04 Å². The summed E-state index contributed by atoms with van der Waals surface area (Å²) in [5, 5.41) is 6.09. The predicted octanol–water partition coefficient (Wildman–Crippen LogP) is 1.05. The Morgan fingerprint density at radius 1 is 1.77 bits per heavy atom. The third-order valence-corrected chi connectivity index (χ3v) is 2.76. The molecule has 5 heteroatoms. The summed E-state index contributed by atoms with van der Waals surface area (Å²) in [7, 11) is 1.65. The van der Waals surface area contributed by atoms with Crippen molar-refractivity contribution in [1.82, 2.24) is 10.3 Å². The summed E-state index contributed by atoms with van der Waals surface area (Å²) in [6.07, 6.45) is 0. The number of aliphatic imine (C=N–C) groups is 1. The van der Waals surface area contributed by atoms with E-state index < -0.39 is 0 Å². The van der Waals surface area contributed by atoms with Crippen molar-refractivity contribution in [3.05, 3.63) is 16.1 Å². The van der Waals surface area contributed by atoms with Gasteiger partial charge < -0.3 is 11.1 Å². The van der Waals surface area contributed by atoms with E-state index in [1.165, 1.54) is 0 Å². The first-order valence-corrected chi connectivity index (χ1v) is 4.92. The summed E-state index contributed by atoms with van der Waals surface area (Å²) in [5.41, 5.74) is 6.58. The van der Waals surface area contributed by atoms with Gasteiger partial charge in [0.15, 0.2) is 5.96 Å². The van der Waals surface area contributed by atoms with Crippen molar-refractivity contribution in [1.29, 1.82) is 0 Å². The molecule has 0 radical (unpaired) electrons. The van der Waals surface area contributed by atoms with Crippen molar-refractivity contribution in [2.75, 3.05) is 7.05 Å². The Morgan fingerprint density at radius 3 is 2.92 bits per heavy atom. The van der Waals surface area contributed by atoms with Gasteiger partial charge in [-0.15, -0.1) is 11.3 Å². The van der Waals surface area contributed by atoms with Gasteiger partial charge in [0.25, 0.3) is 0 Å². The van der Waals surface area contributed by atoms with Crippen molar-refractivity contribution in [3.8, 4) is 0 Å². The van der Waals surface area contributed by atoms with Crippen LogP contribution >= 0.6 is 11.3 Å². The summed E-state index contributed by atoms with van der Waals surface area (Å²) in [6, 6.07) is 0.127. The Kier molecular flexibility index (Phi) is 3.25. The Balaban J connectivity index is 2.63. The molecule has 1 heterocycles. The topological polar surface area (TPSA) is 63.3 Å². The minimum Gasteiger partial charge on any atom is -0.370 e. The van der Waals surface area contributed by atoms with E-state index in [1.807, 2.05) is 19.2 Å². The second kappa shape index (κ2) is 4.23. The standard InChI is InChI=1S/C8H14N4S/c1-5-4-13-7(11-5)6(2)12-8(9)10-3/h4,6H,1-3H3,(H3,9,10,12). The molecule has 0 bridgehead atoms. The number of guanidine groups is 1. The number of nitrogens with zero attached hydrogens (tertiary/aromatic N) is 2. The average Bonchev–Trinajstić information content (AvgIpc) is 2.51. The number of rotatable bonds is 2. The van der Waals surface area contributed by atoms with Crippen LogP contribution in [0.2, 0.25) is 0 Å². The lowest BCUT2D eigenvalue weighted by molar-refractivity contribution is 0.702. The highest BCUT2D eigenvalue weighted by Gasteiger charge is 2.08. The summed E-state index contributed by atoms with van der Waals surface area (Å²) >= 11 is 1.63. The molecule has 4 nitrogen and oxygen atoms in total. The normalized spacial score (nSPS) is 14.2. The zero-order valence-corrected chi connectivity index (χ0v) is 8.85. The average molecular weight is 198 g/mol. The molecule has 1 atom stereocenters. The molecular weight excluding hydrogens is 184 g/mol. The fraction of sp³-hybridized carbons (Fsp3) is 0.500. The fourth-order valence-corrected chi connectivity index (χ4v) is 1.72. The van der Waals surface area contributed by atoms with Gasteiger partial charge >= 0.3 is 0 Å². The minimum absolute atomic E-state index is 0.127. The smallest absolute Gasteiger partial charge is 0.188 e. The lowest BCUT2D eigenvalue weighted by atomic mass is 10.3. The van der Waals surface area contributed by atoms with Gasteiger partial charge in [0, 0.05) is 18.1 Å². The van der Waals surface area contributed by atoms with Crippen LogP contribution in [-0.2, 0) is 0 Å². The number of nitrogens with one attached hydrogen (secondary N) is 1. The first kappa shape index (κ1) is 9.98. The monoisotopic (exact) mass is 198 g/mol. The van der Waals surface area contributed by atoms with Crippen LogP contribution in [0.1, 0.15) is 23.7 Å². The van der Waals surface area contributed by atoms with Crippen LogP contribution in [0.4, 0.5) is 0 Å². The number of hydrogen-bond donors (Lipinski definition) is 2. The molecule has 0 saturated carbocycles. The van der Waals surface area contributed by atoms with Crippen molar-refractivity contribution in [2.45, 2.75) is 19.9 Å². The molecule has 0 aliphatic rings. The van der Waals surface area contributed by atoms with Crippen molar-refractivity contribution in [3.63, 3.8) is 0 Å². The molecule has 3 N–H and O–H groups in total. The predicted molar refractivity (Wildman–Crippen MR) is 55.9 cm³/mol. The molecule has 72 valence electrons. The van der Waals surface area contributed by atoms with Crippen LogP contribution in [0.25, 0.3) is 0 Å². The van der Waals surface area contributed by atoms with Crippen molar-refractivity contribution in [2.24, 2.45) is 10.7 Å². The van der Waals surface area contributed by atoms with E-state index in [0.29, 0.717) is 5.96 Å². The lowest BCUT2D eigenvalue weighted by Gasteiger charge is -2.10. The van der Waals surface area contributed by atoms with Gasteiger partial charge in [0.2, 0.25) is 0 Å². The molecule has 0 saturated heterocycles. The van der Waals surface area contributed by atoms with Gasteiger partial charge in [0.1, 0.15) is 5.01 Å². The number of aromatic nitrogens is 1. The van der Waals surface area contributed by atoms with Crippen molar-refractivity contribution >= 4 is 17.3 Å². The van der Waals surface area contributed by atoms with E-state index in [4.69, 9.17) is 5.73 Å². The lowest BCUT2D eigenvalue weighted by Crippen LogP contribution is -2.33. The van der Waals surface area contributed by atoms with E-state index in [2.05, 4.69) is 15.3 Å². The second-order valence-corrected chi connectivity index (χ2v) is 3.69. The highest BCUT2D eigenvalue weighted by Crippen LogP contribution is 2.16. The summed E-state index contributed by atoms with van der Waals surface area (Å²) in [5.74, 6) is 0.445. The van der Waals surface area contributed by atoms with Gasteiger partial charge in [-0.2, -0.15) is 0 Å². The fourth-order valence-electron chi connectivity index (χ4n) is 0.919. The third kappa shape index (κ3) is 2.69. The summed E-state index contributed by atoms with van der Waals surface area (Å²) in [6.45, 7) is 3.99. The molecule has 0 fully saturated rings. The number of aryl methyl sites for hydroxylation is 1. The zero-order chi connectivity index (χ0) is 9.84. The Labute approximate surface area is 81.9 Å². The molecular formula is C8H14N4S. The van der Waals surface area contributed by atoms with Gasteiger partial charge in [-0.05, 0) is 13.8 Å². The SMILES string of the molecule is CN=C(N)NC(C)c1nc(C)cs1. The molecule has 1 unspecified atom stereocenters. The van der Waals surface area contributed by atoms with Crippen LogP contribution in [0, 0.1) is 6.92 Å². The van der Waals surface area contributed by atoms with Crippen molar-refractivity contribution < 1.29 is 0 Å². The molecule has 0 aromatic carbocycles. The molecule has 13 heavy (non-hydrogen) atoms. The molecule has 1 aromatic rings. The quantitative estimate of drug-likeness (QED) is 0.551. The molecule has 1 aromatic heterocycles. The third-order valence-electron chi connectivity index (χ3n) is 1.61. The molecule has 0 amide bonds. The molecule has 1 rings (SSSR count). The van der Waals surface area contributed by atoms with Gasteiger partial charge in [-0.3, -0.25) is 4.99 Å². The highest BCUT2D eigenvalue weighted by atomic mass is 32.1. The Morgan fingerprint density at radius 2 is 2.46 bits per heavy atom. The second-order valence-electron chi connectivity index (χ2n) is 2.80. The first-order chi connectivity index (χ1) is 6.13.